The second kappa shape index (κ2) is 10.8. The van der Waals surface area contributed by atoms with E-state index in [-0.39, 0.29) is 24.3 Å². The fourth-order valence-corrected chi connectivity index (χ4v) is 3.95. The van der Waals surface area contributed by atoms with Gasteiger partial charge in [0.2, 0.25) is 11.8 Å². The minimum absolute atomic E-state index is 0.0599. The molecular weight excluding hydrogens is 376 g/mol. The monoisotopic (exact) mass is 408 g/mol. The topological polar surface area (TPSA) is 58.6 Å². The van der Waals surface area contributed by atoms with Gasteiger partial charge in [-0.25, -0.2) is 0 Å². The lowest BCUT2D eigenvalue weighted by molar-refractivity contribution is -0.140. The average molecular weight is 409 g/mol. The normalized spacial score (nSPS) is 15.3. The van der Waals surface area contributed by atoms with Crippen LogP contribution in [0.1, 0.15) is 50.2 Å². The third-order valence-electron chi connectivity index (χ3n) is 5.83. The summed E-state index contributed by atoms with van der Waals surface area (Å²) in [5.41, 5.74) is 1.91. The fourth-order valence-electron chi connectivity index (χ4n) is 3.95. The molecule has 0 heterocycles. The van der Waals surface area contributed by atoms with Crippen LogP contribution in [0.2, 0.25) is 0 Å². The first-order valence-electron chi connectivity index (χ1n) is 10.8. The van der Waals surface area contributed by atoms with Crippen molar-refractivity contribution in [2.24, 2.45) is 0 Å². The molecule has 5 nitrogen and oxygen atoms in total. The molecule has 0 bridgehead atoms. The molecule has 1 atom stereocenters. The summed E-state index contributed by atoms with van der Waals surface area (Å²) >= 11 is 0. The van der Waals surface area contributed by atoms with Crippen molar-refractivity contribution >= 4 is 11.8 Å². The highest BCUT2D eigenvalue weighted by Gasteiger charge is 2.28. The van der Waals surface area contributed by atoms with Crippen molar-refractivity contribution in [3.8, 4) is 5.75 Å². The van der Waals surface area contributed by atoms with Crippen molar-refractivity contribution in [3.05, 3.63) is 65.7 Å². The standard InChI is InChI=1S/C25H32N2O3/c1-19(25(29)26-22-11-7-4-8-12-22)27(18-21-9-5-3-6-10-21)24(28)17-20-13-15-23(30-2)16-14-20/h3,5-6,9-10,13-16,19,22H,4,7-8,11-12,17-18H2,1-2H3,(H,26,29). The molecule has 1 aliphatic carbocycles. The van der Waals surface area contributed by atoms with E-state index in [9.17, 15) is 9.59 Å². The van der Waals surface area contributed by atoms with Gasteiger partial charge >= 0.3 is 0 Å². The van der Waals surface area contributed by atoms with E-state index >= 15 is 0 Å². The quantitative estimate of drug-likeness (QED) is 0.715. The van der Waals surface area contributed by atoms with Gasteiger partial charge in [-0.1, -0.05) is 61.7 Å². The van der Waals surface area contributed by atoms with Gasteiger partial charge in [-0.3, -0.25) is 9.59 Å². The number of rotatable bonds is 8. The molecule has 1 unspecified atom stereocenters. The van der Waals surface area contributed by atoms with Crippen molar-refractivity contribution in [2.75, 3.05) is 7.11 Å². The van der Waals surface area contributed by atoms with E-state index in [0.717, 1.165) is 42.6 Å². The van der Waals surface area contributed by atoms with E-state index in [1.165, 1.54) is 6.42 Å². The Morgan fingerprint density at radius 2 is 1.67 bits per heavy atom. The molecule has 2 aromatic rings. The zero-order valence-electron chi connectivity index (χ0n) is 18.0. The van der Waals surface area contributed by atoms with Crippen LogP contribution in [0.5, 0.6) is 5.75 Å². The van der Waals surface area contributed by atoms with Gasteiger partial charge in [-0.05, 0) is 43.0 Å². The number of hydrogen-bond donors (Lipinski definition) is 1. The number of carbonyl (C=O) groups is 2. The number of ether oxygens (including phenoxy) is 1. The fraction of sp³-hybridized carbons (Fsp3) is 0.440. The summed E-state index contributed by atoms with van der Waals surface area (Å²) in [6.07, 6.45) is 5.85. The maximum Gasteiger partial charge on any atom is 0.242 e. The molecule has 5 heteroatoms. The third-order valence-corrected chi connectivity index (χ3v) is 5.83. The smallest absolute Gasteiger partial charge is 0.242 e. The summed E-state index contributed by atoms with van der Waals surface area (Å²) < 4.78 is 5.19. The largest absolute Gasteiger partial charge is 0.497 e. The van der Waals surface area contributed by atoms with E-state index in [2.05, 4.69) is 5.32 Å². The zero-order chi connectivity index (χ0) is 21.3. The highest BCUT2D eigenvalue weighted by atomic mass is 16.5. The molecule has 3 rings (SSSR count). The van der Waals surface area contributed by atoms with Crippen LogP contribution in [0.25, 0.3) is 0 Å². The van der Waals surface area contributed by atoms with Gasteiger partial charge in [-0.2, -0.15) is 0 Å². The summed E-state index contributed by atoms with van der Waals surface area (Å²) in [5.74, 6) is 0.629. The maximum absolute atomic E-state index is 13.2. The lowest BCUT2D eigenvalue weighted by Gasteiger charge is -2.31. The van der Waals surface area contributed by atoms with E-state index < -0.39 is 6.04 Å². The minimum atomic E-state index is -0.530. The molecule has 2 amide bonds. The molecule has 0 aromatic heterocycles. The Morgan fingerprint density at radius 1 is 1.00 bits per heavy atom. The first-order chi connectivity index (χ1) is 14.6. The SMILES string of the molecule is COc1ccc(CC(=O)N(Cc2ccccc2)C(C)C(=O)NC2CCCCC2)cc1. The summed E-state index contributed by atoms with van der Waals surface area (Å²) in [4.78, 5) is 27.9. The van der Waals surface area contributed by atoms with Crippen LogP contribution in [0.4, 0.5) is 0 Å². The molecule has 30 heavy (non-hydrogen) atoms. The Kier molecular flexibility index (Phi) is 7.89. The van der Waals surface area contributed by atoms with E-state index in [1.54, 1.807) is 12.0 Å². The number of benzene rings is 2. The molecule has 1 aliphatic rings. The molecule has 0 aliphatic heterocycles. The van der Waals surface area contributed by atoms with Crippen LogP contribution in [0.15, 0.2) is 54.6 Å². The molecule has 1 N–H and O–H groups in total. The Bertz CT molecular complexity index is 814. The molecule has 1 saturated carbocycles. The maximum atomic E-state index is 13.2. The van der Waals surface area contributed by atoms with Crippen molar-refractivity contribution in [2.45, 2.75) is 64.1 Å². The van der Waals surface area contributed by atoms with Gasteiger partial charge in [0.15, 0.2) is 0 Å². The first kappa shape index (κ1) is 21.9. The predicted octanol–water partition coefficient (Wildman–Crippen LogP) is 4.10. The zero-order valence-corrected chi connectivity index (χ0v) is 18.0. The molecule has 160 valence electrons. The Hall–Kier alpha value is -2.82. The van der Waals surface area contributed by atoms with E-state index in [1.807, 2.05) is 61.5 Å². The Labute approximate surface area is 179 Å². The first-order valence-corrected chi connectivity index (χ1v) is 10.8. The summed E-state index contributed by atoms with van der Waals surface area (Å²) in [6.45, 7) is 2.24. The lowest BCUT2D eigenvalue weighted by Crippen LogP contribution is -2.50. The highest BCUT2D eigenvalue weighted by Crippen LogP contribution is 2.19. The van der Waals surface area contributed by atoms with Crippen molar-refractivity contribution in [3.63, 3.8) is 0 Å². The molecule has 0 radical (unpaired) electrons. The van der Waals surface area contributed by atoms with Crippen LogP contribution in [-0.2, 0) is 22.6 Å². The van der Waals surface area contributed by atoms with Crippen LogP contribution in [0.3, 0.4) is 0 Å². The van der Waals surface area contributed by atoms with E-state index in [0.29, 0.717) is 6.54 Å². The van der Waals surface area contributed by atoms with Crippen molar-refractivity contribution in [1.29, 1.82) is 0 Å². The van der Waals surface area contributed by atoms with Gasteiger partial charge < -0.3 is 15.0 Å². The van der Waals surface area contributed by atoms with Gasteiger partial charge in [0, 0.05) is 12.6 Å². The molecular formula is C25H32N2O3. The van der Waals surface area contributed by atoms with Gasteiger partial charge in [0.05, 0.1) is 13.5 Å². The Balaban J connectivity index is 1.72. The average Bonchev–Trinajstić information content (AvgIpc) is 2.79. The molecule has 1 fully saturated rings. The van der Waals surface area contributed by atoms with Gasteiger partial charge in [0.1, 0.15) is 11.8 Å². The molecule has 2 aromatic carbocycles. The van der Waals surface area contributed by atoms with Crippen LogP contribution < -0.4 is 10.1 Å². The number of nitrogens with zero attached hydrogens (tertiary/aromatic N) is 1. The van der Waals surface area contributed by atoms with Gasteiger partial charge in [0.25, 0.3) is 0 Å². The lowest BCUT2D eigenvalue weighted by atomic mass is 9.95. The van der Waals surface area contributed by atoms with E-state index in [4.69, 9.17) is 4.74 Å². The van der Waals surface area contributed by atoms with Crippen LogP contribution >= 0.6 is 0 Å². The predicted molar refractivity (Wildman–Crippen MR) is 118 cm³/mol. The number of hydrogen-bond acceptors (Lipinski definition) is 3. The Morgan fingerprint density at radius 3 is 2.30 bits per heavy atom. The highest BCUT2D eigenvalue weighted by molar-refractivity contribution is 5.88. The number of carbonyl (C=O) groups excluding carboxylic acids is 2. The number of nitrogens with one attached hydrogen (secondary N) is 1. The number of amides is 2. The second-order valence-electron chi connectivity index (χ2n) is 8.05. The molecule has 0 spiro atoms. The second-order valence-corrected chi connectivity index (χ2v) is 8.05. The van der Waals surface area contributed by atoms with Crippen LogP contribution in [-0.4, -0.2) is 35.9 Å². The van der Waals surface area contributed by atoms with Crippen LogP contribution in [0, 0.1) is 0 Å². The van der Waals surface area contributed by atoms with Crippen molar-refractivity contribution in [1.82, 2.24) is 10.2 Å². The third kappa shape index (κ3) is 6.09. The number of methoxy groups -OCH3 is 1. The summed E-state index contributed by atoms with van der Waals surface area (Å²) in [7, 11) is 1.62. The minimum Gasteiger partial charge on any atom is -0.497 e. The summed E-state index contributed by atoms with van der Waals surface area (Å²) in [5, 5.41) is 3.17. The summed E-state index contributed by atoms with van der Waals surface area (Å²) in [6, 6.07) is 17.0. The molecule has 0 saturated heterocycles. The van der Waals surface area contributed by atoms with Crippen molar-refractivity contribution < 1.29 is 14.3 Å². The van der Waals surface area contributed by atoms with Gasteiger partial charge in [-0.15, -0.1) is 0 Å².